The zero-order valence-electron chi connectivity index (χ0n) is 12.5. The molecule has 1 fully saturated rings. The maximum Gasteiger partial charge on any atom is 0.260 e. The van der Waals surface area contributed by atoms with Crippen LogP contribution < -0.4 is 5.73 Å². The fourth-order valence-corrected chi connectivity index (χ4v) is 4.62. The monoisotopic (exact) mass is 320 g/mol. The average molecular weight is 320 g/mol. The summed E-state index contributed by atoms with van der Waals surface area (Å²) in [6.45, 7) is 3.12. The fraction of sp³-hybridized carbons (Fsp3) is 0.400. The molecule has 1 saturated heterocycles. The summed E-state index contributed by atoms with van der Waals surface area (Å²) in [6.07, 6.45) is 1.51. The molecule has 0 radical (unpaired) electrons. The highest BCUT2D eigenvalue weighted by Gasteiger charge is 2.39. The van der Waals surface area contributed by atoms with Gasteiger partial charge in [-0.3, -0.25) is 4.68 Å². The molecule has 0 aliphatic carbocycles. The van der Waals surface area contributed by atoms with Gasteiger partial charge in [0.2, 0.25) is 0 Å². The van der Waals surface area contributed by atoms with Gasteiger partial charge in [-0.2, -0.15) is 9.40 Å². The molecule has 22 heavy (non-hydrogen) atoms. The van der Waals surface area contributed by atoms with Gasteiger partial charge in [-0.1, -0.05) is 30.3 Å². The van der Waals surface area contributed by atoms with Gasteiger partial charge in [0.15, 0.2) is 5.03 Å². The van der Waals surface area contributed by atoms with E-state index in [1.54, 1.807) is 6.07 Å². The van der Waals surface area contributed by atoms with Crippen LogP contribution in [0.4, 0.5) is 0 Å². The Bertz CT molecular complexity index is 742. The third kappa shape index (κ3) is 2.55. The van der Waals surface area contributed by atoms with Crippen molar-refractivity contribution in [2.75, 3.05) is 13.1 Å². The lowest BCUT2D eigenvalue weighted by molar-refractivity contribution is 0.455. The Morgan fingerprint density at radius 3 is 2.64 bits per heavy atom. The van der Waals surface area contributed by atoms with E-state index >= 15 is 0 Å². The van der Waals surface area contributed by atoms with Gasteiger partial charge in [-0.15, -0.1) is 0 Å². The number of nitrogens with zero attached hydrogens (tertiary/aromatic N) is 3. The van der Waals surface area contributed by atoms with E-state index in [-0.39, 0.29) is 17.0 Å². The molecule has 0 bridgehead atoms. The van der Waals surface area contributed by atoms with Crippen molar-refractivity contribution in [3.8, 4) is 0 Å². The summed E-state index contributed by atoms with van der Waals surface area (Å²) in [5, 5.41) is 4.28. The van der Waals surface area contributed by atoms with E-state index in [0.29, 0.717) is 19.6 Å². The minimum Gasteiger partial charge on any atom is -0.326 e. The Balaban J connectivity index is 1.88. The first kappa shape index (κ1) is 15.2. The standard InChI is InChI=1S/C15H20N4O2S/c1-2-19-15(8-9-17-19)22(20,21)18-10-13(14(16)11-18)12-6-4-3-5-7-12/h3-9,13-14H,2,10-11,16H2,1H3/t13-,14+/m0/s1. The molecule has 0 spiro atoms. The van der Waals surface area contributed by atoms with E-state index in [9.17, 15) is 8.42 Å². The van der Waals surface area contributed by atoms with Crippen LogP contribution in [0.15, 0.2) is 47.6 Å². The predicted molar refractivity (Wildman–Crippen MR) is 83.8 cm³/mol. The summed E-state index contributed by atoms with van der Waals surface area (Å²) in [5.74, 6) is 0.0222. The SMILES string of the molecule is CCn1nccc1S(=O)(=O)N1C[C@@H](N)[C@H](c2ccccc2)C1. The largest absolute Gasteiger partial charge is 0.326 e. The molecular formula is C15H20N4O2S. The highest BCUT2D eigenvalue weighted by atomic mass is 32.2. The number of hydrogen-bond donors (Lipinski definition) is 1. The highest BCUT2D eigenvalue weighted by Crippen LogP contribution is 2.30. The van der Waals surface area contributed by atoms with E-state index in [4.69, 9.17) is 5.73 Å². The van der Waals surface area contributed by atoms with Gasteiger partial charge in [-0.25, -0.2) is 8.42 Å². The van der Waals surface area contributed by atoms with Crippen molar-refractivity contribution >= 4 is 10.0 Å². The fourth-order valence-electron chi connectivity index (χ4n) is 2.95. The Labute approximate surface area is 130 Å². The molecule has 2 N–H and O–H groups in total. The van der Waals surface area contributed by atoms with Crippen molar-refractivity contribution in [1.29, 1.82) is 0 Å². The van der Waals surface area contributed by atoms with E-state index in [0.717, 1.165) is 5.56 Å². The van der Waals surface area contributed by atoms with E-state index in [1.807, 2.05) is 37.3 Å². The Morgan fingerprint density at radius 2 is 1.95 bits per heavy atom. The van der Waals surface area contributed by atoms with Crippen LogP contribution in [-0.4, -0.2) is 41.6 Å². The number of sulfonamides is 1. The van der Waals surface area contributed by atoms with Crippen LogP contribution in [0.5, 0.6) is 0 Å². The first-order valence-corrected chi connectivity index (χ1v) is 8.80. The van der Waals surface area contributed by atoms with Gasteiger partial charge in [-0.05, 0) is 18.6 Å². The van der Waals surface area contributed by atoms with Crippen LogP contribution in [0.1, 0.15) is 18.4 Å². The molecule has 1 aromatic carbocycles. The van der Waals surface area contributed by atoms with E-state index in [1.165, 1.54) is 15.2 Å². The second kappa shape index (κ2) is 5.83. The van der Waals surface area contributed by atoms with Crippen molar-refractivity contribution < 1.29 is 8.42 Å². The predicted octanol–water partition coefficient (Wildman–Crippen LogP) is 1.02. The zero-order valence-corrected chi connectivity index (χ0v) is 13.3. The lowest BCUT2D eigenvalue weighted by Gasteiger charge is -2.17. The van der Waals surface area contributed by atoms with Gasteiger partial charge in [0.05, 0.1) is 6.20 Å². The van der Waals surface area contributed by atoms with Crippen LogP contribution >= 0.6 is 0 Å². The van der Waals surface area contributed by atoms with Crippen molar-refractivity contribution in [2.24, 2.45) is 5.73 Å². The summed E-state index contributed by atoms with van der Waals surface area (Å²) >= 11 is 0. The average Bonchev–Trinajstić information content (AvgIpc) is 3.15. The van der Waals surface area contributed by atoms with Gasteiger partial charge in [0.1, 0.15) is 0 Å². The number of rotatable bonds is 4. The second-order valence-corrected chi connectivity index (χ2v) is 7.37. The summed E-state index contributed by atoms with van der Waals surface area (Å²) in [7, 11) is -3.56. The molecule has 118 valence electrons. The lowest BCUT2D eigenvalue weighted by atomic mass is 9.95. The van der Waals surface area contributed by atoms with Gasteiger partial charge < -0.3 is 5.73 Å². The third-order valence-electron chi connectivity index (χ3n) is 4.14. The van der Waals surface area contributed by atoms with Gasteiger partial charge in [0, 0.05) is 31.6 Å². The summed E-state index contributed by atoms with van der Waals surface area (Å²) < 4.78 is 28.6. The maximum atomic E-state index is 12.8. The number of aromatic nitrogens is 2. The molecule has 2 heterocycles. The molecular weight excluding hydrogens is 300 g/mol. The number of hydrogen-bond acceptors (Lipinski definition) is 4. The molecule has 1 aliphatic heterocycles. The molecule has 7 heteroatoms. The molecule has 0 amide bonds. The zero-order chi connectivity index (χ0) is 15.7. The number of nitrogens with two attached hydrogens (primary N) is 1. The van der Waals surface area contributed by atoms with E-state index < -0.39 is 10.0 Å². The molecule has 2 atom stereocenters. The number of benzene rings is 1. The Morgan fingerprint density at radius 1 is 1.23 bits per heavy atom. The number of aryl methyl sites for hydroxylation is 1. The molecule has 3 rings (SSSR count). The van der Waals surface area contributed by atoms with Crippen molar-refractivity contribution in [2.45, 2.75) is 30.5 Å². The van der Waals surface area contributed by atoms with Gasteiger partial charge >= 0.3 is 0 Å². The normalized spacial score (nSPS) is 23.0. The maximum absolute atomic E-state index is 12.8. The molecule has 2 aromatic rings. The third-order valence-corrected chi connectivity index (χ3v) is 5.99. The first-order chi connectivity index (χ1) is 10.5. The molecule has 1 aromatic heterocycles. The van der Waals surface area contributed by atoms with Crippen LogP contribution in [0.3, 0.4) is 0 Å². The minimum atomic E-state index is -3.56. The molecule has 1 aliphatic rings. The summed E-state index contributed by atoms with van der Waals surface area (Å²) in [5.41, 5.74) is 7.27. The quantitative estimate of drug-likeness (QED) is 0.912. The van der Waals surface area contributed by atoms with E-state index in [2.05, 4.69) is 5.10 Å². The minimum absolute atomic E-state index is 0.0222. The van der Waals surface area contributed by atoms with Crippen molar-refractivity contribution in [3.05, 3.63) is 48.2 Å². The second-order valence-electron chi connectivity index (χ2n) is 5.49. The Hall–Kier alpha value is -1.70. The van der Waals surface area contributed by atoms with Crippen LogP contribution in [0.2, 0.25) is 0 Å². The topological polar surface area (TPSA) is 81.2 Å². The van der Waals surface area contributed by atoms with Crippen LogP contribution in [0, 0.1) is 0 Å². The Kier molecular flexibility index (Phi) is 4.03. The molecule has 0 unspecified atom stereocenters. The lowest BCUT2D eigenvalue weighted by Crippen LogP contribution is -2.33. The summed E-state index contributed by atoms with van der Waals surface area (Å²) in [4.78, 5) is 0. The summed E-state index contributed by atoms with van der Waals surface area (Å²) in [6, 6.07) is 11.2. The van der Waals surface area contributed by atoms with Gasteiger partial charge in [0.25, 0.3) is 10.0 Å². The van der Waals surface area contributed by atoms with Crippen molar-refractivity contribution in [1.82, 2.24) is 14.1 Å². The molecule has 0 saturated carbocycles. The highest BCUT2D eigenvalue weighted by molar-refractivity contribution is 7.89. The van der Waals surface area contributed by atoms with Crippen LogP contribution in [0.25, 0.3) is 0 Å². The molecule has 6 nitrogen and oxygen atoms in total. The first-order valence-electron chi connectivity index (χ1n) is 7.36. The van der Waals surface area contributed by atoms with Crippen molar-refractivity contribution in [3.63, 3.8) is 0 Å². The smallest absolute Gasteiger partial charge is 0.260 e. The van der Waals surface area contributed by atoms with Crippen LogP contribution in [-0.2, 0) is 16.6 Å².